The molecule has 0 aromatic heterocycles. The quantitative estimate of drug-likeness (QED) is 0.125. The van der Waals surface area contributed by atoms with Crippen LogP contribution in [-0.4, -0.2) is 154 Å². The van der Waals surface area contributed by atoms with Gasteiger partial charge >= 0.3 is 0 Å². The largest absolute Gasteiger partial charge is 0.394 e. The van der Waals surface area contributed by atoms with Crippen molar-refractivity contribution >= 4 is 0 Å². The molecule has 6 aliphatic rings. The van der Waals surface area contributed by atoms with Gasteiger partial charge < -0.3 is 69.3 Å². The smallest absolute Gasteiger partial charge is 0.187 e. The van der Waals surface area contributed by atoms with E-state index in [1.165, 1.54) is 14.2 Å². The molecule has 0 bridgehead atoms. The summed E-state index contributed by atoms with van der Waals surface area (Å²) in [4.78, 5) is 0. The van der Waals surface area contributed by atoms with E-state index in [0.29, 0.717) is 37.7 Å². The van der Waals surface area contributed by atoms with E-state index >= 15 is 0 Å². The van der Waals surface area contributed by atoms with Crippen LogP contribution in [0.15, 0.2) is 0 Å². The van der Waals surface area contributed by atoms with Gasteiger partial charge in [0.2, 0.25) is 0 Å². The molecule has 14 nitrogen and oxygen atoms in total. The first-order valence-corrected chi connectivity index (χ1v) is 21.0. The zero-order chi connectivity index (χ0) is 40.2. The summed E-state index contributed by atoms with van der Waals surface area (Å²) in [7, 11) is 2.90. The van der Waals surface area contributed by atoms with E-state index in [2.05, 4.69) is 34.6 Å². The van der Waals surface area contributed by atoms with Gasteiger partial charge in [-0.25, -0.2) is 0 Å². The van der Waals surface area contributed by atoms with E-state index < -0.39 is 97.2 Å². The average molecular weight is 789 g/mol. The van der Waals surface area contributed by atoms with Gasteiger partial charge in [0.25, 0.3) is 0 Å². The summed E-state index contributed by atoms with van der Waals surface area (Å²) < 4.78 is 34.7. The first-order chi connectivity index (χ1) is 26.0. The zero-order valence-corrected chi connectivity index (χ0v) is 34.0. The molecule has 2 aliphatic heterocycles. The van der Waals surface area contributed by atoms with Gasteiger partial charge in [-0.15, -0.1) is 0 Å². The van der Waals surface area contributed by atoms with Crippen molar-refractivity contribution < 1.29 is 69.3 Å². The van der Waals surface area contributed by atoms with Crippen molar-refractivity contribution in [3.63, 3.8) is 0 Å². The average Bonchev–Trinajstić information content (AvgIpc) is 3.59. The van der Waals surface area contributed by atoms with E-state index in [4.69, 9.17) is 28.4 Å². The summed E-state index contributed by atoms with van der Waals surface area (Å²) in [6.07, 6.45) is -5.27. The number of methoxy groups -OCH3 is 2. The minimum atomic E-state index is -1.27. The molecular weight excluding hydrogens is 716 g/mol. The Balaban J connectivity index is 1.07. The summed E-state index contributed by atoms with van der Waals surface area (Å²) in [6, 6.07) is 0. The predicted molar refractivity (Wildman–Crippen MR) is 198 cm³/mol. The fraction of sp³-hybridized carbons (Fsp3) is 1.00. The highest BCUT2D eigenvalue weighted by molar-refractivity contribution is 5.21. The molecular formula is C41H72O14. The van der Waals surface area contributed by atoms with Crippen molar-refractivity contribution in [2.45, 2.75) is 172 Å². The fourth-order valence-electron chi connectivity index (χ4n) is 13.0. The lowest BCUT2D eigenvalue weighted by Crippen LogP contribution is -2.70. The number of hydrogen-bond acceptors (Lipinski definition) is 14. The van der Waals surface area contributed by atoms with E-state index in [-0.39, 0.29) is 42.1 Å². The third-order valence-electron chi connectivity index (χ3n) is 15.9. The van der Waals surface area contributed by atoms with Crippen LogP contribution in [0.3, 0.4) is 0 Å². The molecule has 0 amide bonds. The number of aliphatic hydroxyl groups excluding tert-OH is 7. The molecule has 2 heterocycles. The van der Waals surface area contributed by atoms with Gasteiger partial charge in [0.1, 0.15) is 36.6 Å². The molecule has 6 fully saturated rings. The fourth-order valence-corrected chi connectivity index (χ4v) is 13.0. The Bertz CT molecular complexity index is 1260. The third-order valence-corrected chi connectivity index (χ3v) is 15.9. The normalized spacial score (nSPS) is 51.1. The summed E-state index contributed by atoms with van der Waals surface area (Å²) in [5.41, 5.74) is -2.13. The van der Waals surface area contributed by atoms with E-state index in [0.717, 1.165) is 32.1 Å². The second-order valence-electron chi connectivity index (χ2n) is 19.1. The van der Waals surface area contributed by atoms with Crippen molar-refractivity contribution in [3.8, 4) is 0 Å². The molecule has 8 N–H and O–H groups in total. The molecule has 4 aliphatic carbocycles. The first-order valence-electron chi connectivity index (χ1n) is 21.0. The summed E-state index contributed by atoms with van der Waals surface area (Å²) >= 11 is 0. The number of ether oxygens (including phenoxy) is 6. The lowest BCUT2D eigenvalue weighted by molar-refractivity contribution is -0.309. The highest BCUT2D eigenvalue weighted by Crippen LogP contribution is 2.70. The predicted octanol–water partition coefficient (Wildman–Crippen LogP) is 1.34. The molecule has 320 valence electrons. The third kappa shape index (κ3) is 7.82. The van der Waals surface area contributed by atoms with Crippen LogP contribution in [0.1, 0.15) is 92.4 Å². The van der Waals surface area contributed by atoms with Gasteiger partial charge in [-0.2, -0.15) is 0 Å². The standard InChI is InChI=1S/C41H72O14/c1-20(2)22(12-15-52-38-35(32(47)27(18-42)54-38)55-37-34(51-7)33(48)28(50-6)19-53-37)9-8-21(3)23-16-25(44)36-39(23,4)14-11-29-40(5)13-10-24(43)31(46)30(40)26(45)17-41(29,36)49/h20-38,42-49H,8-19H2,1-7H3/t21-,22-,23-,24+,25-,26+,27+,28-,29?,30?,31+,32+,33+,34-,35-,36?,37+,38-,39-,40-,41+/m1/s1. The maximum Gasteiger partial charge on any atom is 0.187 e. The van der Waals surface area contributed by atoms with E-state index in [9.17, 15) is 40.9 Å². The van der Waals surface area contributed by atoms with Gasteiger partial charge in [-0.05, 0) is 85.4 Å². The highest BCUT2D eigenvalue weighted by Gasteiger charge is 2.71. The molecule has 0 radical (unpaired) electrons. The monoisotopic (exact) mass is 788 g/mol. The summed E-state index contributed by atoms with van der Waals surface area (Å²) in [5.74, 6) is 0.0195. The topological polar surface area (TPSA) is 217 Å². The van der Waals surface area contributed by atoms with Crippen LogP contribution in [-0.2, 0) is 28.4 Å². The molecule has 55 heavy (non-hydrogen) atoms. The van der Waals surface area contributed by atoms with Crippen molar-refractivity contribution in [2.24, 2.45) is 52.3 Å². The van der Waals surface area contributed by atoms with E-state index in [1.54, 1.807) is 0 Å². The number of rotatable bonds is 14. The molecule has 0 aromatic rings. The molecule has 2 saturated heterocycles. The molecule has 0 aromatic carbocycles. The number of aliphatic hydroxyl groups is 8. The molecule has 14 heteroatoms. The van der Waals surface area contributed by atoms with Gasteiger partial charge in [-0.1, -0.05) is 41.0 Å². The Labute approximate surface area is 326 Å². The minimum absolute atomic E-state index is 0.0656. The first kappa shape index (κ1) is 44.0. The Hall–Kier alpha value is -0.560. The minimum Gasteiger partial charge on any atom is -0.394 e. The second-order valence-corrected chi connectivity index (χ2v) is 19.1. The van der Waals surface area contributed by atoms with Crippen LogP contribution in [0.2, 0.25) is 0 Å². The Kier molecular flexibility index (Phi) is 13.8. The van der Waals surface area contributed by atoms with Gasteiger partial charge in [0.05, 0.1) is 49.8 Å². The highest BCUT2D eigenvalue weighted by atomic mass is 16.8. The van der Waals surface area contributed by atoms with Crippen molar-refractivity contribution in [2.75, 3.05) is 34.0 Å². The van der Waals surface area contributed by atoms with Crippen LogP contribution >= 0.6 is 0 Å². The van der Waals surface area contributed by atoms with Crippen LogP contribution in [0.25, 0.3) is 0 Å². The van der Waals surface area contributed by atoms with Gasteiger partial charge in [0, 0.05) is 32.5 Å². The van der Waals surface area contributed by atoms with Crippen molar-refractivity contribution in [1.82, 2.24) is 0 Å². The van der Waals surface area contributed by atoms with Crippen LogP contribution in [0.5, 0.6) is 0 Å². The maximum atomic E-state index is 12.7. The Morgan fingerprint density at radius 1 is 0.782 bits per heavy atom. The van der Waals surface area contributed by atoms with Crippen LogP contribution < -0.4 is 0 Å². The lowest BCUT2D eigenvalue weighted by Gasteiger charge is -2.66. The Morgan fingerprint density at radius 3 is 2.15 bits per heavy atom. The van der Waals surface area contributed by atoms with E-state index in [1.807, 2.05) is 0 Å². The Morgan fingerprint density at radius 2 is 1.49 bits per heavy atom. The molecule has 6 rings (SSSR count). The molecule has 4 saturated carbocycles. The molecule has 0 spiro atoms. The van der Waals surface area contributed by atoms with Crippen LogP contribution in [0.4, 0.5) is 0 Å². The SMILES string of the molecule is CO[C@H]1[C@H](O[C@H]2[C@H](OCC[C@@H](CC[C@@H](C)[C@H]3C[C@@H](O)C4[C@]5(O)C[C@H](O)C6[C@@H](O)[C@@H](O)CC[C@]6(C)C5CC[C@@]43C)C(C)C)O[C@@H](CO)[C@@H]2O)OC[C@@H](OC)[C@@H]1O. The van der Waals surface area contributed by atoms with Crippen molar-refractivity contribution in [1.29, 1.82) is 0 Å². The molecule has 3 unspecified atom stereocenters. The number of fused-ring (bicyclic) bond motifs is 5. The van der Waals surface area contributed by atoms with Crippen molar-refractivity contribution in [3.05, 3.63) is 0 Å². The maximum absolute atomic E-state index is 12.7. The lowest BCUT2D eigenvalue weighted by atomic mass is 9.41. The van der Waals surface area contributed by atoms with Gasteiger partial charge in [0.15, 0.2) is 12.6 Å². The zero-order valence-electron chi connectivity index (χ0n) is 34.0. The van der Waals surface area contributed by atoms with Gasteiger partial charge in [-0.3, -0.25) is 0 Å². The summed E-state index contributed by atoms with van der Waals surface area (Å²) in [5, 5.41) is 88.9. The second kappa shape index (κ2) is 17.2. The molecule has 21 atom stereocenters. The summed E-state index contributed by atoms with van der Waals surface area (Å²) in [6.45, 7) is 10.9. The van der Waals surface area contributed by atoms with Crippen LogP contribution in [0, 0.1) is 52.3 Å². The number of hydrogen-bond donors (Lipinski definition) is 8.